The molecule has 0 spiro atoms. The smallest absolute Gasteiger partial charge is 0.274 e. The van der Waals surface area contributed by atoms with Gasteiger partial charge in [-0.3, -0.25) is 4.79 Å². The number of carbonyl (C=O) groups is 1. The maximum absolute atomic E-state index is 13.4. The van der Waals surface area contributed by atoms with Crippen LogP contribution in [0.3, 0.4) is 0 Å². The molecule has 0 radical (unpaired) electrons. The maximum atomic E-state index is 13.4. The zero-order valence-corrected chi connectivity index (χ0v) is 11.6. The number of ether oxygens (including phenoxy) is 1. The van der Waals surface area contributed by atoms with Crippen molar-refractivity contribution in [2.45, 2.75) is 0 Å². The van der Waals surface area contributed by atoms with Gasteiger partial charge in [-0.25, -0.2) is 9.37 Å². The summed E-state index contributed by atoms with van der Waals surface area (Å²) in [5.74, 6) is -0.938. The van der Waals surface area contributed by atoms with Gasteiger partial charge >= 0.3 is 0 Å². The minimum absolute atomic E-state index is 0.131. The highest BCUT2D eigenvalue weighted by Crippen LogP contribution is 2.14. The van der Waals surface area contributed by atoms with E-state index in [1.54, 1.807) is 37.6 Å². The number of para-hydroxylation sites is 1. The van der Waals surface area contributed by atoms with Crippen molar-refractivity contribution in [1.29, 1.82) is 0 Å². The number of amides is 1. The zero-order chi connectivity index (χ0) is 15.1. The van der Waals surface area contributed by atoms with Crippen molar-refractivity contribution in [1.82, 2.24) is 4.98 Å². The van der Waals surface area contributed by atoms with E-state index in [9.17, 15) is 9.18 Å². The molecule has 2 rings (SSSR count). The topological polar surface area (TPSA) is 63.2 Å². The average molecular weight is 289 g/mol. The molecule has 1 amide bonds. The molecule has 21 heavy (non-hydrogen) atoms. The van der Waals surface area contributed by atoms with Crippen LogP contribution in [0.2, 0.25) is 0 Å². The Bertz CT molecular complexity index is 602. The molecule has 0 aliphatic rings. The predicted molar refractivity (Wildman–Crippen MR) is 79.0 cm³/mol. The lowest BCUT2D eigenvalue weighted by atomic mass is 10.2. The summed E-state index contributed by atoms with van der Waals surface area (Å²) in [6.45, 7) is 1.23. The quantitative estimate of drug-likeness (QED) is 0.802. The van der Waals surface area contributed by atoms with Crippen LogP contribution in [0, 0.1) is 5.82 Å². The van der Waals surface area contributed by atoms with E-state index in [0.29, 0.717) is 13.2 Å². The number of hydrogen-bond acceptors (Lipinski definition) is 4. The Balaban J connectivity index is 1.98. The summed E-state index contributed by atoms with van der Waals surface area (Å²) in [5, 5.41) is 5.57. The van der Waals surface area contributed by atoms with Crippen molar-refractivity contribution in [3.05, 3.63) is 54.1 Å². The molecule has 6 heteroatoms. The number of benzene rings is 1. The van der Waals surface area contributed by atoms with Crippen LogP contribution in [-0.2, 0) is 4.74 Å². The van der Waals surface area contributed by atoms with Gasteiger partial charge in [-0.1, -0.05) is 12.1 Å². The molecule has 1 heterocycles. The molecule has 1 aromatic carbocycles. The highest BCUT2D eigenvalue weighted by molar-refractivity contribution is 6.03. The first kappa shape index (κ1) is 14.9. The lowest BCUT2D eigenvalue weighted by Gasteiger charge is -2.07. The number of methoxy groups -OCH3 is 1. The van der Waals surface area contributed by atoms with Crippen molar-refractivity contribution in [2.24, 2.45) is 0 Å². The third-order valence-electron chi connectivity index (χ3n) is 2.75. The number of rotatable bonds is 6. The van der Waals surface area contributed by atoms with Gasteiger partial charge in [-0.05, 0) is 24.3 Å². The number of carbonyl (C=O) groups excluding carboxylic acids is 1. The number of nitrogens with one attached hydrogen (secondary N) is 2. The molecule has 0 unspecified atom stereocenters. The van der Waals surface area contributed by atoms with Crippen LogP contribution in [0.4, 0.5) is 15.8 Å². The highest BCUT2D eigenvalue weighted by atomic mass is 19.1. The fraction of sp³-hybridized carbons (Fsp3) is 0.200. The Morgan fingerprint density at radius 3 is 2.76 bits per heavy atom. The van der Waals surface area contributed by atoms with E-state index in [1.165, 1.54) is 12.1 Å². The summed E-state index contributed by atoms with van der Waals surface area (Å²) in [6.07, 6.45) is 1.55. The van der Waals surface area contributed by atoms with Gasteiger partial charge in [0.2, 0.25) is 0 Å². The lowest BCUT2D eigenvalue weighted by molar-refractivity contribution is 0.102. The summed E-state index contributed by atoms with van der Waals surface area (Å²) in [5.41, 5.74) is 1.14. The van der Waals surface area contributed by atoms with Gasteiger partial charge in [-0.2, -0.15) is 0 Å². The van der Waals surface area contributed by atoms with Crippen molar-refractivity contribution >= 4 is 17.3 Å². The molecule has 2 aromatic rings. The number of hydrogen-bond donors (Lipinski definition) is 2. The summed E-state index contributed by atoms with van der Waals surface area (Å²) in [4.78, 5) is 16.0. The van der Waals surface area contributed by atoms with E-state index >= 15 is 0 Å². The van der Waals surface area contributed by atoms with E-state index in [4.69, 9.17) is 4.74 Å². The molecule has 2 N–H and O–H groups in total. The minimum atomic E-state index is -0.483. The minimum Gasteiger partial charge on any atom is -0.383 e. The van der Waals surface area contributed by atoms with Crippen LogP contribution in [0.5, 0.6) is 0 Å². The second kappa shape index (κ2) is 7.35. The summed E-state index contributed by atoms with van der Waals surface area (Å²) in [6, 6.07) is 9.29. The van der Waals surface area contributed by atoms with E-state index in [1.807, 2.05) is 0 Å². The standard InChI is InChI=1S/C15H16FN3O2/c1-21-9-8-17-11-6-7-14(18-10-11)15(20)19-13-5-3-2-4-12(13)16/h2-7,10,17H,8-9H2,1H3,(H,19,20). The van der Waals surface area contributed by atoms with E-state index in [2.05, 4.69) is 15.6 Å². The zero-order valence-electron chi connectivity index (χ0n) is 11.6. The Hall–Kier alpha value is -2.47. The molecule has 0 atom stereocenters. The molecule has 0 bridgehead atoms. The first-order valence-corrected chi connectivity index (χ1v) is 6.45. The van der Waals surface area contributed by atoms with Gasteiger partial charge in [0.25, 0.3) is 5.91 Å². The second-order valence-electron chi connectivity index (χ2n) is 4.29. The number of aromatic nitrogens is 1. The van der Waals surface area contributed by atoms with Gasteiger partial charge in [-0.15, -0.1) is 0 Å². The summed E-state index contributed by atoms with van der Waals surface area (Å²) in [7, 11) is 1.62. The molecular weight excluding hydrogens is 273 g/mol. The fourth-order valence-electron chi connectivity index (χ4n) is 1.68. The van der Waals surface area contributed by atoms with Crippen molar-refractivity contribution < 1.29 is 13.9 Å². The third-order valence-corrected chi connectivity index (χ3v) is 2.75. The maximum Gasteiger partial charge on any atom is 0.274 e. The molecule has 110 valence electrons. The highest BCUT2D eigenvalue weighted by Gasteiger charge is 2.09. The largest absolute Gasteiger partial charge is 0.383 e. The number of pyridine rings is 1. The van der Waals surface area contributed by atoms with Crippen LogP contribution in [0.25, 0.3) is 0 Å². The monoisotopic (exact) mass is 289 g/mol. The van der Waals surface area contributed by atoms with Gasteiger partial charge in [0.15, 0.2) is 0 Å². The summed E-state index contributed by atoms with van der Waals surface area (Å²) >= 11 is 0. The van der Waals surface area contributed by atoms with E-state index in [0.717, 1.165) is 5.69 Å². The van der Waals surface area contributed by atoms with E-state index < -0.39 is 11.7 Å². The van der Waals surface area contributed by atoms with Crippen molar-refractivity contribution in [3.63, 3.8) is 0 Å². The molecule has 5 nitrogen and oxygen atoms in total. The van der Waals surface area contributed by atoms with Crippen molar-refractivity contribution in [2.75, 3.05) is 30.9 Å². The van der Waals surface area contributed by atoms with Gasteiger partial charge < -0.3 is 15.4 Å². The molecular formula is C15H16FN3O2. The van der Waals surface area contributed by atoms with Crippen LogP contribution in [0.1, 0.15) is 10.5 Å². The van der Waals surface area contributed by atoms with Crippen LogP contribution in [-0.4, -0.2) is 31.2 Å². The Kier molecular flexibility index (Phi) is 5.22. The SMILES string of the molecule is COCCNc1ccc(C(=O)Nc2ccccc2F)nc1. The van der Waals surface area contributed by atoms with Crippen LogP contribution in [0.15, 0.2) is 42.6 Å². The summed E-state index contributed by atoms with van der Waals surface area (Å²) < 4.78 is 18.4. The first-order valence-electron chi connectivity index (χ1n) is 6.45. The molecule has 0 saturated carbocycles. The molecule has 0 fully saturated rings. The van der Waals surface area contributed by atoms with Crippen LogP contribution < -0.4 is 10.6 Å². The average Bonchev–Trinajstić information content (AvgIpc) is 2.50. The number of halogens is 1. The van der Waals surface area contributed by atoms with Gasteiger partial charge in [0, 0.05) is 13.7 Å². The Morgan fingerprint density at radius 1 is 1.29 bits per heavy atom. The first-order chi connectivity index (χ1) is 10.2. The molecule has 0 aliphatic heterocycles. The van der Waals surface area contributed by atoms with Crippen molar-refractivity contribution in [3.8, 4) is 0 Å². The van der Waals surface area contributed by atoms with Crippen LogP contribution >= 0.6 is 0 Å². The lowest BCUT2D eigenvalue weighted by Crippen LogP contribution is -2.15. The Labute approximate surface area is 122 Å². The fourth-order valence-corrected chi connectivity index (χ4v) is 1.68. The predicted octanol–water partition coefficient (Wildman–Crippen LogP) is 2.53. The molecule has 1 aromatic heterocycles. The molecule has 0 saturated heterocycles. The normalized spacial score (nSPS) is 10.2. The number of anilines is 2. The van der Waals surface area contributed by atoms with Gasteiger partial charge in [0.05, 0.1) is 24.2 Å². The van der Waals surface area contributed by atoms with E-state index in [-0.39, 0.29) is 11.4 Å². The third kappa shape index (κ3) is 4.25. The molecule has 0 aliphatic carbocycles. The van der Waals surface area contributed by atoms with Gasteiger partial charge in [0.1, 0.15) is 11.5 Å². The Morgan fingerprint density at radius 2 is 2.10 bits per heavy atom. The number of nitrogens with zero attached hydrogens (tertiary/aromatic N) is 1. The second-order valence-corrected chi connectivity index (χ2v) is 4.29.